The molecule has 1 aromatic carbocycles. The molecule has 0 bridgehead atoms. The number of rotatable bonds is 4. The fourth-order valence-corrected chi connectivity index (χ4v) is 3.50. The van der Waals surface area contributed by atoms with Gasteiger partial charge < -0.3 is 19.4 Å². The van der Waals surface area contributed by atoms with Gasteiger partial charge in [-0.2, -0.15) is 0 Å². The number of benzene rings is 1. The second kappa shape index (κ2) is 9.03. The van der Waals surface area contributed by atoms with Crippen LogP contribution in [0.4, 0.5) is 0 Å². The van der Waals surface area contributed by atoms with Crippen LogP contribution in [0.3, 0.4) is 0 Å². The number of ether oxygens (including phenoxy) is 1. The maximum absolute atomic E-state index is 12.9. The fourth-order valence-electron chi connectivity index (χ4n) is 3.50. The topological polar surface area (TPSA) is 53.1 Å². The van der Waals surface area contributed by atoms with Crippen molar-refractivity contribution >= 4 is 11.8 Å². The highest BCUT2D eigenvalue weighted by atomic mass is 16.5. The van der Waals surface area contributed by atoms with E-state index in [9.17, 15) is 9.59 Å². The van der Waals surface area contributed by atoms with Crippen LogP contribution >= 0.6 is 0 Å². The molecule has 2 aliphatic heterocycles. The molecule has 0 N–H and O–H groups in total. The number of para-hydroxylation sites is 1. The van der Waals surface area contributed by atoms with E-state index in [1.165, 1.54) is 12.8 Å². The molecule has 6 nitrogen and oxygen atoms in total. The maximum atomic E-state index is 12.9. The van der Waals surface area contributed by atoms with E-state index in [1.807, 2.05) is 21.9 Å². The molecule has 1 aromatic rings. The van der Waals surface area contributed by atoms with Crippen LogP contribution in [0.2, 0.25) is 0 Å². The number of likely N-dealkylation sites (tertiary alicyclic amines) is 1. The van der Waals surface area contributed by atoms with Crippen molar-refractivity contribution in [2.45, 2.75) is 25.7 Å². The van der Waals surface area contributed by atoms with Crippen molar-refractivity contribution in [3.05, 3.63) is 29.8 Å². The van der Waals surface area contributed by atoms with Gasteiger partial charge in [-0.3, -0.25) is 9.59 Å². The number of carbonyl (C=O) groups excluding carboxylic acids is 2. The summed E-state index contributed by atoms with van der Waals surface area (Å²) >= 11 is 0. The van der Waals surface area contributed by atoms with Crippen molar-refractivity contribution < 1.29 is 14.3 Å². The molecule has 142 valence electrons. The number of nitrogens with zero attached hydrogens (tertiary/aromatic N) is 3. The fraction of sp³-hybridized carbons (Fsp3) is 0.600. The average molecular weight is 359 g/mol. The van der Waals surface area contributed by atoms with Gasteiger partial charge in [-0.05, 0) is 32.0 Å². The van der Waals surface area contributed by atoms with Crippen LogP contribution in [0, 0.1) is 0 Å². The first-order valence-electron chi connectivity index (χ1n) is 9.62. The minimum absolute atomic E-state index is 0.00691. The zero-order valence-electron chi connectivity index (χ0n) is 15.7. The summed E-state index contributed by atoms with van der Waals surface area (Å²) in [6, 6.07) is 7.24. The van der Waals surface area contributed by atoms with Crippen molar-refractivity contribution in [3.63, 3.8) is 0 Å². The van der Waals surface area contributed by atoms with Gasteiger partial charge in [-0.25, -0.2) is 0 Å². The Labute approximate surface area is 155 Å². The van der Waals surface area contributed by atoms with Gasteiger partial charge in [0, 0.05) is 39.3 Å². The third-order valence-corrected chi connectivity index (χ3v) is 5.22. The quantitative estimate of drug-likeness (QED) is 0.823. The van der Waals surface area contributed by atoms with Gasteiger partial charge in [-0.1, -0.05) is 25.0 Å². The average Bonchev–Trinajstić information content (AvgIpc) is 2.96. The van der Waals surface area contributed by atoms with Crippen molar-refractivity contribution in [2.24, 2.45) is 0 Å². The molecule has 0 spiro atoms. The summed E-state index contributed by atoms with van der Waals surface area (Å²) in [5.74, 6) is 0.490. The van der Waals surface area contributed by atoms with Gasteiger partial charge in [0.2, 0.25) is 0 Å². The lowest BCUT2D eigenvalue weighted by molar-refractivity contribution is -0.133. The van der Waals surface area contributed by atoms with E-state index < -0.39 is 0 Å². The summed E-state index contributed by atoms with van der Waals surface area (Å²) < 4.78 is 5.78. The molecule has 2 heterocycles. The predicted octanol–water partition coefficient (Wildman–Crippen LogP) is 1.86. The SMILES string of the molecule is CN1CCN(C(=O)c2ccccc2OCC(=O)N2CCCCCC2)CC1. The largest absolute Gasteiger partial charge is 0.483 e. The summed E-state index contributed by atoms with van der Waals surface area (Å²) in [7, 11) is 2.06. The Morgan fingerprint density at radius 3 is 2.23 bits per heavy atom. The first-order chi connectivity index (χ1) is 12.6. The smallest absolute Gasteiger partial charge is 0.260 e. The van der Waals surface area contributed by atoms with E-state index in [-0.39, 0.29) is 18.4 Å². The Bertz CT molecular complexity index is 618. The monoisotopic (exact) mass is 359 g/mol. The van der Waals surface area contributed by atoms with Crippen LogP contribution in [0.1, 0.15) is 36.0 Å². The van der Waals surface area contributed by atoms with Crippen LogP contribution in [-0.4, -0.2) is 79.4 Å². The third kappa shape index (κ3) is 4.75. The first-order valence-corrected chi connectivity index (χ1v) is 9.62. The van der Waals surface area contributed by atoms with E-state index in [4.69, 9.17) is 4.74 Å². The summed E-state index contributed by atoms with van der Waals surface area (Å²) in [6.07, 6.45) is 4.49. The number of carbonyl (C=O) groups is 2. The van der Waals surface area contributed by atoms with Gasteiger partial charge in [0.1, 0.15) is 5.75 Å². The Morgan fingerprint density at radius 2 is 1.54 bits per heavy atom. The molecule has 26 heavy (non-hydrogen) atoms. The summed E-state index contributed by atoms with van der Waals surface area (Å²) in [5, 5.41) is 0. The van der Waals surface area contributed by atoms with Gasteiger partial charge in [-0.15, -0.1) is 0 Å². The zero-order valence-corrected chi connectivity index (χ0v) is 15.7. The van der Waals surface area contributed by atoms with Gasteiger partial charge in [0.15, 0.2) is 6.61 Å². The Morgan fingerprint density at radius 1 is 0.885 bits per heavy atom. The zero-order chi connectivity index (χ0) is 18.4. The second-order valence-electron chi connectivity index (χ2n) is 7.18. The highest BCUT2D eigenvalue weighted by Gasteiger charge is 2.23. The first kappa shape index (κ1) is 18.7. The minimum atomic E-state index is -0.0177. The lowest BCUT2D eigenvalue weighted by Gasteiger charge is -2.32. The van der Waals surface area contributed by atoms with Crippen LogP contribution in [0.25, 0.3) is 0 Å². The molecule has 0 atom stereocenters. The van der Waals surface area contributed by atoms with Crippen LogP contribution in [0.5, 0.6) is 5.75 Å². The minimum Gasteiger partial charge on any atom is -0.483 e. The standard InChI is InChI=1S/C20H29N3O3/c1-21-12-14-23(15-13-21)20(25)17-8-4-5-9-18(17)26-16-19(24)22-10-6-2-3-7-11-22/h4-5,8-9H,2-3,6-7,10-16H2,1H3. The van der Waals surface area contributed by atoms with Gasteiger partial charge in [0.05, 0.1) is 5.56 Å². The van der Waals surface area contributed by atoms with Crippen molar-refractivity contribution in [1.29, 1.82) is 0 Å². The molecule has 2 saturated heterocycles. The lowest BCUT2D eigenvalue weighted by atomic mass is 10.1. The number of hydrogen-bond acceptors (Lipinski definition) is 4. The molecule has 3 rings (SSSR count). The maximum Gasteiger partial charge on any atom is 0.260 e. The van der Waals surface area contributed by atoms with Crippen LogP contribution in [-0.2, 0) is 4.79 Å². The normalized spacial score (nSPS) is 19.1. The molecule has 0 unspecified atom stereocenters. The Balaban J connectivity index is 1.61. The summed E-state index contributed by atoms with van der Waals surface area (Å²) in [6.45, 7) is 4.80. The van der Waals surface area contributed by atoms with Gasteiger partial charge >= 0.3 is 0 Å². The lowest BCUT2D eigenvalue weighted by Crippen LogP contribution is -2.47. The van der Waals surface area contributed by atoms with E-state index in [1.54, 1.807) is 12.1 Å². The molecule has 0 saturated carbocycles. The molecule has 0 radical (unpaired) electrons. The van der Waals surface area contributed by atoms with Crippen LogP contribution < -0.4 is 4.74 Å². The number of amides is 2. The summed E-state index contributed by atoms with van der Waals surface area (Å²) in [4.78, 5) is 31.3. The Kier molecular flexibility index (Phi) is 6.50. The second-order valence-corrected chi connectivity index (χ2v) is 7.18. The van der Waals surface area contributed by atoms with E-state index in [0.29, 0.717) is 11.3 Å². The van der Waals surface area contributed by atoms with Gasteiger partial charge in [0.25, 0.3) is 11.8 Å². The third-order valence-electron chi connectivity index (χ3n) is 5.22. The van der Waals surface area contributed by atoms with E-state index >= 15 is 0 Å². The van der Waals surface area contributed by atoms with Crippen molar-refractivity contribution in [2.75, 3.05) is 52.9 Å². The predicted molar refractivity (Wildman–Crippen MR) is 100 cm³/mol. The molecule has 2 amide bonds. The number of hydrogen-bond donors (Lipinski definition) is 0. The molecule has 0 aromatic heterocycles. The highest BCUT2D eigenvalue weighted by molar-refractivity contribution is 5.97. The van der Waals surface area contributed by atoms with Crippen molar-refractivity contribution in [1.82, 2.24) is 14.7 Å². The Hall–Kier alpha value is -2.08. The molecular weight excluding hydrogens is 330 g/mol. The molecule has 2 aliphatic rings. The highest BCUT2D eigenvalue weighted by Crippen LogP contribution is 2.21. The molecule has 2 fully saturated rings. The molecular formula is C20H29N3O3. The van der Waals surface area contributed by atoms with E-state index in [2.05, 4.69) is 11.9 Å². The number of likely N-dealkylation sites (N-methyl/N-ethyl adjacent to an activating group) is 1. The van der Waals surface area contributed by atoms with E-state index in [0.717, 1.165) is 52.1 Å². The molecule has 6 heteroatoms. The summed E-state index contributed by atoms with van der Waals surface area (Å²) in [5.41, 5.74) is 0.542. The number of piperazine rings is 1. The molecule has 0 aliphatic carbocycles. The van der Waals surface area contributed by atoms with Crippen LogP contribution in [0.15, 0.2) is 24.3 Å². The van der Waals surface area contributed by atoms with Crippen molar-refractivity contribution in [3.8, 4) is 5.75 Å².